The highest BCUT2D eigenvalue weighted by Crippen LogP contribution is 2.41. The van der Waals surface area contributed by atoms with Crippen molar-refractivity contribution in [1.82, 2.24) is 14.7 Å². The Morgan fingerprint density at radius 2 is 2.00 bits per heavy atom. The summed E-state index contributed by atoms with van der Waals surface area (Å²) in [7, 11) is -4.01. The first-order chi connectivity index (χ1) is 16.8. The molecule has 0 unspecified atom stereocenters. The zero-order valence-electron chi connectivity index (χ0n) is 19.5. The van der Waals surface area contributed by atoms with Crippen molar-refractivity contribution < 1.29 is 27.1 Å². The Morgan fingerprint density at radius 3 is 2.71 bits per heavy atom. The lowest BCUT2D eigenvalue weighted by atomic mass is 10.0. The minimum absolute atomic E-state index is 0.0773. The van der Waals surface area contributed by atoms with E-state index in [4.69, 9.17) is 9.47 Å². The summed E-state index contributed by atoms with van der Waals surface area (Å²) in [6.45, 7) is 6.94. The molecule has 35 heavy (non-hydrogen) atoms. The first-order valence-electron chi connectivity index (χ1n) is 11.5. The Hall–Kier alpha value is -3.08. The molecule has 0 spiro atoms. The van der Waals surface area contributed by atoms with Gasteiger partial charge in [-0.1, -0.05) is 24.3 Å². The van der Waals surface area contributed by atoms with Gasteiger partial charge in [0.2, 0.25) is 0 Å². The number of sulfone groups is 1. The summed E-state index contributed by atoms with van der Waals surface area (Å²) in [5.74, 6) is -2.07. The van der Waals surface area contributed by atoms with Gasteiger partial charge in [0.15, 0.2) is 15.5 Å². The van der Waals surface area contributed by atoms with Gasteiger partial charge >= 0.3 is 5.97 Å². The molecular weight excluding hydrogens is 473 g/mol. The number of hydrogen-bond donors (Lipinski definition) is 0. The third kappa shape index (κ3) is 4.26. The van der Waals surface area contributed by atoms with E-state index < -0.39 is 27.4 Å². The van der Waals surface area contributed by atoms with Gasteiger partial charge in [0, 0.05) is 30.3 Å². The van der Waals surface area contributed by atoms with Crippen LogP contribution in [0.2, 0.25) is 0 Å². The molecule has 0 bridgehead atoms. The Morgan fingerprint density at radius 1 is 1.23 bits per heavy atom. The predicted octanol–water partition coefficient (Wildman–Crippen LogP) is 3.36. The molecule has 0 amide bonds. The van der Waals surface area contributed by atoms with Crippen LogP contribution in [0.4, 0.5) is 4.39 Å². The van der Waals surface area contributed by atoms with Gasteiger partial charge in [0.05, 0.1) is 37.0 Å². The molecule has 0 N–H and O–H groups in total. The van der Waals surface area contributed by atoms with Crippen molar-refractivity contribution in [2.24, 2.45) is 0 Å². The molecular formula is C25H26FN3O5S. The standard InChI is InChI=1S/C25H26FN3O5S/c1-3-34-25(30)22-20-15-35(31,32)24-19(5-4-6-21(24)26)23(20)29(27-22)18-9-7-17(8-10-18)13-28-11-12-33-14-16(28)2/h4-10,16H,3,11-15H2,1-2H3/t16-/m0/s1. The first kappa shape index (κ1) is 23.7. The molecule has 0 radical (unpaired) electrons. The Labute approximate surface area is 203 Å². The van der Waals surface area contributed by atoms with Crippen LogP contribution in [-0.4, -0.2) is 61.5 Å². The molecule has 2 aromatic carbocycles. The highest BCUT2D eigenvalue weighted by molar-refractivity contribution is 7.91. The second-order valence-electron chi connectivity index (χ2n) is 8.74. The van der Waals surface area contributed by atoms with E-state index in [1.165, 1.54) is 16.8 Å². The molecule has 8 nitrogen and oxygen atoms in total. The van der Waals surface area contributed by atoms with Crippen LogP contribution in [0.25, 0.3) is 16.9 Å². The Kier molecular flexibility index (Phi) is 6.20. The molecule has 3 aromatic rings. The number of halogens is 1. The number of carbonyl (C=O) groups excluding carboxylic acids is 1. The molecule has 10 heteroatoms. The number of morpholine rings is 1. The smallest absolute Gasteiger partial charge is 0.359 e. The van der Waals surface area contributed by atoms with E-state index in [1.807, 2.05) is 24.3 Å². The number of carbonyl (C=O) groups is 1. The summed E-state index contributed by atoms with van der Waals surface area (Å²) in [5, 5.41) is 4.46. The SMILES string of the molecule is CCOC(=O)c1nn(-c2ccc(CN3CCOC[C@@H]3C)cc2)c2c1CS(=O)(=O)c1c(F)cccc1-2. The molecule has 2 aliphatic rings. The van der Waals surface area contributed by atoms with Crippen molar-refractivity contribution in [3.05, 3.63) is 65.1 Å². The molecule has 3 heterocycles. The van der Waals surface area contributed by atoms with E-state index in [1.54, 1.807) is 6.92 Å². The zero-order valence-corrected chi connectivity index (χ0v) is 20.3. The van der Waals surface area contributed by atoms with E-state index >= 15 is 0 Å². The molecule has 1 aromatic heterocycles. The average molecular weight is 500 g/mol. The lowest BCUT2D eigenvalue weighted by molar-refractivity contribution is -0.00436. The highest BCUT2D eigenvalue weighted by Gasteiger charge is 2.38. The van der Waals surface area contributed by atoms with Crippen LogP contribution in [0.15, 0.2) is 47.4 Å². The van der Waals surface area contributed by atoms with Gasteiger partial charge in [0.25, 0.3) is 0 Å². The number of fused-ring (bicyclic) bond motifs is 3. The number of aromatic nitrogens is 2. The van der Waals surface area contributed by atoms with Gasteiger partial charge in [0.1, 0.15) is 10.7 Å². The van der Waals surface area contributed by atoms with Crippen molar-refractivity contribution in [2.75, 3.05) is 26.4 Å². The number of esters is 1. The third-order valence-electron chi connectivity index (χ3n) is 6.39. The van der Waals surface area contributed by atoms with Crippen molar-refractivity contribution in [1.29, 1.82) is 0 Å². The summed E-state index contributed by atoms with van der Waals surface area (Å²) in [4.78, 5) is 14.6. The highest BCUT2D eigenvalue weighted by atomic mass is 32.2. The molecule has 1 saturated heterocycles. The van der Waals surface area contributed by atoms with Gasteiger partial charge in [-0.25, -0.2) is 22.3 Å². The third-order valence-corrected chi connectivity index (χ3v) is 8.10. The lowest BCUT2D eigenvalue weighted by Crippen LogP contribution is -2.42. The molecule has 1 fully saturated rings. The van der Waals surface area contributed by atoms with Crippen LogP contribution in [0.1, 0.15) is 35.5 Å². The van der Waals surface area contributed by atoms with Crippen LogP contribution in [0.5, 0.6) is 0 Å². The van der Waals surface area contributed by atoms with Gasteiger partial charge in [-0.15, -0.1) is 0 Å². The summed E-state index contributed by atoms with van der Waals surface area (Å²) in [6.07, 6.45) is 0. The van der Waals surface area contributed by atoms with Gasteiger partial charge in [-0.05, 0) is 37.6 Å². The van der Waals surface area contributed by atoms with E-state index in [0.717, 1.165) is 24.7 Å². The number of benzene rings is 2. The molecule has 0 saturated carbocycles. The van der Waals surface area contributed by atoms with Crippen LogP contribution < -0.4 is 0 Å². The van der Waals surface area contributed by atoms with Crippen LogP contribution >= 0.6 is 0 Å². The normalized spacial score (nSPS) is 19.1. The van der Waals surface area contributed by atoms with Gasteiger partial charge in [-0.2, -0.15) is 5.10 Å². The van der Waals surface area contributed by atoms with Crippen molar-refractivity contribution >= 4 is 15.8 Å². The van der Waals surface area contributed by atoms with Crippen LogP contribution in [-0.2, 0) is 31.6 Å². The minimum atomic E-state index is -4.01. The Bertz CT molecular complexity index is 1380. The largest absolute Gasteiger partial charge is 0.461 e. The van der Waals surface area contributed by atoms with Crippen molar-refractivity contribution in [2.45, 2.75) is 37.1 Å². The fraction of sp³-hybridized carbons (Fsp3) is 0.360. The maximum absolute atomic E-state index is 14.7. The Balaban J connectivity index is 1.60. The molecule has 1 atom stereocenters. The maximum atomic E-state index is 14.7. The van der Waals surface area contributed by atoms with Crippen LogP contribution in [0.3, 0.4) is 0 Å². The summed E-state index contributed by atoms with van der Waals surface area (Å²) in [6, 6.07) is 12.1. The van der Waals surface area contributed by atoms with E-state index in [9.17, 15) is 17.6 Å². The van der Waals surface area contributed by atoms with Crippen molar-refractivity contribution in [3.8, 4) is 16.9 Å². The second-order valence-corrected chi connectivity index (χ2v) is 10.7. The summed E-state index contributed by atoms with van der Waals surface area (Å²) >= 11 is 0. The van der Waals surface area contributed by atoms with Crippen LogP contribution in [0, 0.1) is 5.82 Å². The lowest BCUT2D eigenvalue weighted by Gasteiger charge is -2.33. The van der Waals surface area contributed by atoms with E-state index in [-0.39, 0.29) is 28.3 Å². The minimum Gasteiger partial charge on any atom is -0.461 e. The fourth-order valence-corrected chi connectivity index (χ4v) is 6.32. The molecule has 5 rings (SSSR count). The number of hydrogen-bond acceptors (Lipinski definition) is 7. The summed E-state index contributed by atoms with van der Waals surface area (Å²) in [5.41, 5.74) is 2.43. The van der Waals surface area contributed by atoms with E-state index in [0.29, 0.717) is 30.6 Å². The number of ether oxygens (including phenoxy) is 2. The van der Waals surface area contributed by atoms with Gasteiger partial charge < -0.3 is 9.47 Å². The molecule has 0 aliphatic carbocycles. The fourth-order valence-electron chi connectivity index (χ4n) is 4.66. The van der Waals surface area contributed by atoms with Gasteiger partial charge in [-0.3, -0.25) is 4.90 Å². The van der Waals surface area contributed by atoms with E-state index in [2.05, 4.69) is 16.9 Å². The summed E-state index contributed by atoms with van der Waals surface area (Å²) < 4.78 is 52.7. The van der Waals surface area contributed by atoms with Crippen molar-refractivity contribution in [3.63, 3.8) is 0 Å². The average Bonchev–Trinajstić information content (AvgIpc) is 3.20. The molecule has 2 aliphatic heterocycles. The first-order valence-corrected chi connectivity index (χ1v) is 13.2. The number of rotatable bonds is 5. The topological polar surface area (TPSA) is 90.7 Å². The molecule has 184 valence electrons. The second kappa shape index (κ2) is 9.18. The zero-order chi connectivity index (χ0) is 24.7. The number of nitrogens with zero attached hydrogens (tertiary/aromatic N) is 3. The predicted molar refractivity (Wildman–Crippen MR) is 126 cm³/mol. The quantitative estimate of drug-likeness (QED) is 0.497. The maximum Gasteiger partial charge on any atom is 0.359 e. The monoisotopic (exact) mass is 499 g/mol.